The Bertz CT molecular complexity index is 1940. The molecule has 4 nitrogen and oxygen atoms in total. The quantitative estimate of drug-likeness (QED) is 0.160. The molecule has 5 heterocycles. The van der Waals surface area contributed by atoms with Gasteiger partial charge in [0.1, 0.15) is 0 Å². The molecule has 0 saturated carbocycles. The van der Waals surface area contributed by atoms with E-state index in [4.69, 9.17) is 9.97 Å². The molecule has 0 spiro atoms. The van der Waals surface area contributed by atoms with Crippen LogP contribution < -0.4 is 15.6 Å². The Balaban J connectivity index is 1.64. The van der Waals surface area contributed by atoms with Crippen LogP contribution in [0.15, 0.2) is 91.0 Å². The van der Waals surface area contributed by atoms with E-state index >= 15 is 0 Å². The molecule has 0 fully saturated rings. The summed E-state index contributed by atoms with van der Waals surface area (Å²) in [4.78, 5) is 18.4. The smallest absolute Gasteiger partial charge is 0.151 e. The number of benzene rings is 2. The van der Waals surface area contributed by atoms with Crippen LogP contribution in [-0.2, 0) is 12.8 Å². The zero-order valence-electron chi connectivity index (χ0n) is 27.1. The lowest BCUT2D eigenvalue weighted by Gasteiger charge is -2.30. The monoisotopic (exact) mass is 618 g/mol. The number of aryl methyl sites for hydroxylation is 2. The van der Waals surface area contributed by atoms with E-state index in [1.165, 1.54) is 26.7 Å². The number of fused-ring (bicyclic) bond motifs is 8. The number of hydrogen-bond acceptors (Lipinski definition) is 2. The molecule has 46 heavy (non-hydrogen) atoms. The van der Waals surface area contributed by atoms with E-state index in [-0.39, 0.29) is 0 Å². The van der Waals surface area contributed by atoms with Crippen LogP contribution in [0.4, 0.5) is 0 Å². The van der Waals surface area contributed by atoms with E-state index in [2.05, 4.69) is 146 Å². The first-order valence-electron chi connectivity index (χ1n) is 16.8. The van der Waals surface area contributed by atoms with Gasteiger partial charge in [-0.2, -0.15) is 0 Å². The first kappa shape index (κ1) is 29.9. The minimum atomic E-state index is -2.59. The number of H-pyrrole nitrogens is 2. The lowest BCUT2D eigenvalue weighted by Crippen LogP contribution is -2.66. The Morgan fingerprint density at radius 1 is 0.543 bits per heavy atom. The molecule has 0 radical (unpaired) electrons. The molecule has 8 bridgehead atoms. The Kier molecular flexibility index (Phi) is 8.42. The van der Waals surface area contributed by atoms with Crippen molar-refractivity contribution in [2.75, 3.05) is 0 Å². The van der Waals surface area contributed by atoms with Gasteiger partial charge in [0, 0.05) is 38.4 Å². The summed E-state index contributed by atoms with van der Waals surface area (Å²) in [5, 5.41) is 3.96. The highest BCUT2D eigenvalue weighted by Gasteiger charge is 2.39. The number of rotatable bonds is 9. The molecule has 2 aliphatic rings. The van der Waals surface area contributed by atoms with Gasteiger partial charge in [0.2, 0.25) is 0 Å². The molecule has 5 heteroatoms. The summed E-state index contributed by atoms with van der Waals surface area (Å²) in [5.74, 6) is 0. The zero-order chi connectivity index (χ0) is 31.5. The third-order valence-corrected chi connectivity index (χ3v) is 14.0. The van der Waals surface area contributed by atoms with Gasteiger partial charge in [0.25, 0.3) is 0 Å². The zero-order valence-corrected chi connectivity index (χ0v) is 28.1. The maximum atomic E-state index is 5.50. The fraction of sp³-hybridized carbons (Fsp3) is 0.220. The normalized spacial score (nSPS) is 12.6. The average Bonchev–Trinajstić information content (AvgIpc) is 3.92. The highest BCUT2D eigenvalue weighted by molar-refractivity contribution is 7.11. The van der Waals surface area contributed by atoms with Gasteiger partial charge in [-0.1, -0.05) is 93.9 Å². The maximum Gasteiger partial charge on any atom is 0.151 e. The number of aromatic amines is 2. The molecular formula is C41H42N4Si. The SMILES string of the molecule is CCCCc1c2nc(c([Si](C)(c3ccccc3)c3ccccc3)c3nc(c(CCCC)c4ccc(cc5ccc1[nH]5)[nH]4)C=C3)C=C2. The van der Waals surface area contributed by atoms with Gasteiger partial charge in [-0.25, -0.2) is 9.97 Å². The largest absolute Gasteiger partial charge is 0.355 e. The summed E-state index contributed by atoms with van der Waals surface area (Å²) in [7, 11) is -2.59. The van der Waals surface area contributed by atoms with Crippen molar-refractivity contribution in [1.29, 1.82) is 0 Å². The van der Waals surface area contributed by atoms with Gasteiger partial charge in [-0.05, 0) is 90.7 Å². The molecular weight excluding hydrogens is 577 g/mol. The highest BCUT2D eigenvalue weighted by Crippen LogP contribution is 2.26. The van der Waals surface area contributed by atoms with Gasteiger partial charge >= 0.3 is 0 Å². The number of hydrogen-bond donors (Lipinski definition) is 2. The number of nitrogens with one attached hydrogen (secondary N) is 2. The molecule has 2 aliphatic heterocycles. The van der Waals surface area contributed by atoms with Crippen LogP contribution in [0.25, 0.3) is 46.4 Å². The van der Waals surface area contributed by atoms with E-state index in [9.17, 15) is 0 Å². The summed E-state index contributed by atoms with van der Waals surface area (Å²) in [5.41, 5.74) is 11.1. The molecule has 0 atom stereocenters. The lowest BCUT2D eigenvalue weighted by molar-refractivity contribution is 0.794. The fourth-order valence-electron chi connectivity index (χ4n) is 7.00. The van der Waals surface area contributed by atoms with Gasteiger partial charge in [0.05, 0.1) is 22.8 Å². The van der Waals surface area contributed by atoms with Gasteiger partial charge in [-0.15, -0.1) is 0 Å². The van der Waals surface area contributed by atoms with Crippen molar-refractivity contribution in [3.63, 3.8) is 0 Å². The van der Waals surface area contributed by atoms with Crippen molar-refractivity contribution in [2.24, 2.45) is 0 Å². The molecule has 2 N–H and O–H groups in total. The first-order valence-corrected chi connectivity index (χ1v) is 19.3. The van der Waals surface area contributed by atoms with Crippen molar-refractivity contribution in [1.82, 2.24) is 19.9 Å². The van der Waals surface area contributed by atoms with Crippen LogP contribution in [0.3, 0.4) is 0 Å². The van der Waals surface area contributed by atoms with Crippen molar-refractivity contribution in [2.45, 2.75) is 58.9 Å². The Labute approximate surface area is 273 Å². The summed E-state index contributed by atoms with van der Waals surface area (Å²) in [6.07, 6.45) is 15.4. The second-order valence-electron chi connectivity index (χ2n) is 12.6. The molecule has 0 saturated heterocycles. The van der Waals surface area contributed by atoms with Crippen LogP contribution in [0.2, 0.25) is 6.55 Å². The molecule has 3 aromatic heterocycles. The molecule has 0 amide bonds. The Morgan fingerprint density at radius 2 is 0.978 bits per heavy atom. The molecule has 230 valence electrons. The number of unbranched alkanes of at least 4 members (excludes halogenated alkanes) is 2. The molecule has 0 unspecified atom stereocenters. The van der Waals surface area contributed by atoms with Crippen molar-refractivity contribution < 1.29 is 0 Å². The predicted octanol–water partition coefficient (Wildman–Crippen LogP) is 8.44. The summed E-state index contributed by atoms with van der Waals surface area (Å²) < 4.78 is 0. The molecule has 7 rings (SSSR count). The molecule has 0 aliphatic carbocycles. The predicted molar refractivity (Wildman–Crippen MR) is 199 cm³/mol. The van der Waals surface area contributed by atoms with Crippen LogP contribution in [0, 0.1) is 0 Å². The van der Waals surface area contributed by atoms with Crippen molar-refractivity contribution in [3.8, 4) is 0 Å². The standard InChI is InChI=1S/C41H42N4Si/c1-4-6-18-33-35-22-20-29(42-35)28-30-21-23-36(43-30)34(19-7-5-2)38-25-27-40(45-38)41(39-26-24-37(33)44-39)46(3,31-14-10-8-11-15-31)32-16-12-9-13-17-32/h8-17,20-28,42-43H,4-7,18-19H2,1-3H3. The van der Waals surface area contributed by atoms with E-state index in [1.54, 1.807) is 0 Å². The van der Waals surface area contributed by atoms with Crippen LogP contribution in [-0.4, -0.2) is 28.0 Å². The maximum absolute atomic E-state index is 5.50. The van der Waals surface area contributed by atoms with Crippen molar-refractivity contribution >= 4 is 70.0 Å². The second-order valence-corrected chi connectivity index (χ2v) is 16.5. The summed E-state index contributed by atoms with van der Waals surface area (Å²) in [6.45, 7) is 6.98. The van der Waals surface area contributed by atoms with Crippen molar-refractivity contribution in [3.05, 3.63) is 125 Å². The third-order valence-electron chi connectivity index (χ3n) is 9.55. The summed E-state index contributed by atoms with van der Waals surface area (Å²) >= 11 is 0. The van der Waals surface area contributed by atoms with E-state index in [1.807, 2.05) is 0 Å². The first-order chi connectivity index (χ1) is 22.6. The van der Waals surface area contributed by atoms with E-state index < -0.39 is 8.07 Å². The molecule has 5 aromatic rings. The van der Waals surface area contributed by atoms with Gasteiger partial charge in [-0.3, -0.25) is 0 Å². The van der Waals surface area contributed by atoms with Crippen LogP contribution >= 0.6 is 0 Å². The van der Waals surface area contributed by atoms with E-state index in [0.29, 0.717) is 0 Å². The minimum absolute atomic E-state index is 0.968. The Morgan fingerprint density at radius 3 is 1.41 bits per heavy atom. The lowest BCUT2D eigenvalue weighted by atomic mass is 10.1. The van der Waals surface area contributed by atoms with Gasteiger partial charge < -0.3 is 9.97 Å². The van der Waals surface area contributed by atoms with Crippen LogP contribution in [0.1, 0.15) is 73.4 Å². The highest BCUT2D eigenvalue weighted by atomic mass is 28.3. The number of nitrogens with zero attached hydrogens (tertiary/aromatic N) is 2. The topological polar surface area (TPSA) is 57.4 Å². The number of aromatic nitrogens is 4. The van der Waals surface area contributed by atoms with E-state index in [0.717, 1.165) is 83.4 Å². The minimum Gasteiger partial charge on any atom is -0.355 e. The summed E-state index contributed by atoms with van der Waals surface area (Å²) in [6, 6.07) is 33.1. The van der Waals surface area contributed by atoms with Crippen LogP contribution in [0.5, 0.6) is 0 Å². The molecule has 2 aromatic carbocycles. The Hall–Kier alpha value is -4.74. The second kappa shape index (κ2) is 12.9. The average molecular weight is 619 g/mol. The van der Waals surface area contributed by atoms with Gasteiger partial charge in [0.15, 0.2) is 8.07 Å². The third kappa shape index (κ3) is 5.60. The fourth-order valence-corrected chi connectivity index (χ4v) is 10.9.